The van der Waals surface area contributed by atoms with Crippen molar-refractivity contribution in [2.75, 3.05) is 6.54 Å². The quantitative estimate of drug-likeness (QED) is 0.817. The van der Waals surface area contributed by atoms with E-state index < -0.39 is 0 Å². The smallest absolute Gasteiger partial charge is 0.241 e. The highest BCUT2D eigenvalue weighted by Gasteiger charge is 2.65. The Morgan fingerprint density at radius 2 is 1.76 bits per heavy atom. The summed E-state index contributed by atoms with van der Waals surface area (Å²) in [6.45, 7) is 14.3. The van der Waals surface area contributed by atoms with Gasteiger partial charge in [0, 0.05) is 6.54 Å². The minimum absolute atomic E-state index is 0.0370. The first-order chi connectivity index (χ1) is 7.73. The van der Waals surface area contributed by atoms with Gasteiger partial charge in [0.25, 0.3) is 0 Å². The van der Waals surface area contributed by atoms with Crippen LogP contribution in [0.2, 0.25) is 0 Å². The standard InChI is InChI=1S/C14H26N2O/c1-7-10-12(17)16(9(2)15-10)8-11-13(3,4)14(11,5)6/h9-11,15H,7-8H2,1-6H3. The van der Waals surface area contributed by atoms with Crippen LogP contribution >= 0.6 is 0 Å². The normalized spacial score (nSPS) is 35.4. The van der Waals surface area contributed by atoms with Gasteiger partial charge in [-0.2, -0.15) is 0 Å². The number of nitrogens with one attached hydrogen (secondary N) is 1. The topological polar surface area (TPSA) is 32.3 Å². The lowest BCUT2D eigenvalue weighted by Crippen LogP contribution is -2.37. The Labute approximate surface area is 105 Å². The monoisotopic (exact) mass is 238 g/mol. The van der Waals surface area contributed by atoms with Crippen molar-refractivity contribution in [3.05, 3.63) is 0 Å². The number of carbonyl (C=O) groups is 1. The zero-order valence-corrected chi connectivity index (χ0v) is 12.0. The van der Waals surface area contributed by atoms with E-state index in [-0.39, 0.29) is 12.2 Å². The van der Waals surface area contributed by atoms with Crippen molar-refractivity contribution < 1.29 is 4.79 Å². The maximum atomic E-state index is 12.2. The Kier molecular flexibility index (Phi) is 2.81. The maximum Gasteiger partial charge on any atom is 0.241 e. The molecule has 2 atom stereocenters. The first kappa shape index (κ1) is 12.9. The molecule has 0 aromatic rings. The van der Waals surface area contributed by atoms with Gasteiger partial charge in [0.1, 0.15) is 0 Å². The van der Waals surface area contributed by atoms with E-state index in [4.69, 9.17) is 0 Å². The third-order valence-corrected chi connectivity index (χ3v) is 5.60. The molecule has 2 aliphatic rings. The molecule has 0 bridgehead atoms. The summed E-state index contributed by atoms with van der Waals surface area (Å²) < 4.78 is 0. The van der Waals surface area contributed by atoms with Gasteiger partial charge in [0.15, 0.2) is 0 Å². The molecule has 1 aliphatic carbocycles. The third kappa shape index (κ3) is 1.70. The van der Waals surface area contributed by atoms with Crippen molar-refractivity contribution in [2.45, 2.75) is 60.2 Å². The van der Waals surface area contributed by atoms with Crippen molar-refractivity contribution in [1.82, 2.24) is 10.2 Å². The molecule has 0 aromatic heterocycles. The summed E-state index contributed by atoms with van der Waals surface area (Å²) >= 11 is 0. The second-order valence-corrected chi connectivity index (χ2v) is 6.79. The van der Waals surface area contributed by atoms with Crippen molar-refractivity contribution in [2.24, 2.45) is 16.7 Å². The van der Waals surface area contributed by atoms with Crippen LogP contribution in [0.1, 0.15) is 48.0 Å². The molecular formula is C14H26N2O. The number of amides is 1. The summed E-state index contributed by atoms with van der Waals surface area (Å²) in [5.74, 6) is 0.914. The second kappa shape index (κ2) is 3.71. The van der Waals surface area contributed by atoms with E-state index in [2.05, 4.69) is 46.9 Å². The van der Waals surface area contributed by atoms with Crippen LogP contribution in [-0.4, -0.2) is 29.6 Å². The predicted octanol–water partition coefficient (Wildman–Crippen LogP) is 2.22. The molecule has 0 radical (unpaired) electrons. The van der Waals surface area contributed by atoms with Gasteiger partial charge in [-0.05, 0) is 30.1 Å². The fourth-order valence-corrected chi connectivity index (χ4v) is 3.37. The molecule has 1 amide bonds. The lowest BCUT2D eigenvalue weighted by atomic mass is 10.0. The van der Waals surface area contributed by atoms with E-state index in [0.717, 1.165) is 13.0 Å². The average Bonchev–Trinajstić information content (AvgIpc) is 2.50. The Balaban J connectivity index is 2.04. The molecule has 1 heterocycles. The summed E-state index contributed by atoms with van der Waals surface area (Å²) in [4.78, 5) is 14.2. The van der Waals surface area contributed by atoms with E-state index in [1.54, 1.807) is 0 Å². The highest BCUT2D eigenvalue weighted by atomic mass is 16.2. The summed E-state index contributed by atoms with van der Waals surface area (Å²) in [6.07, 6.45) is 1.08. The maximum absolute atomic E-state index is 12.2. The van der Waals surface area contributed by atoms with Gasteiger partial charge in [-0.1, -0.05) is 34.6 Å². The molecule has 0 aromatic carbocycles. The van der Waals surface area contributed by atoms with Crippen molar-refractivity contribution in [3.63, 3.8) is 0 Å². The molecule has 1 N–H and O–H groups in total. The number of nitrogens with zero attached hydrogens (tertiary/aromatic N) is 1. The van der Waals surface area contributed by atoms with Crippen LogP contribution in [0.25, 0.3) is 0 Å². The average molecular weight is 238 g/mol. The predicted molar refractivity (Wildman–Crippen MR) is 69.4 cm³/mol. The molecule has 1 saturated heterocycles. The fraction of sp³-hybridized carbons (Fsp3) is 0.929. The minimum Gasteiger partial charge on any atom is -0.326 e. The first-order valence-corrected chi connectivity index (χ1v) is 6.80. The third-order valence-electron chi connectivity index (χ3n) is 5.60. The van der Waals surface area contributed by atoms with Crippen LogP contribution < -0.4 is 5.32 Å². The molecule has 3 heteroatoms. The second-order valence-electron chi connectivity index (χ2n) is 6.79. The molecule has 2 fully saturated rings. The number of hydrogen-bond donors (Lipinski definition) is 1. The van der Waals surface area contributed by atoms with Crippen molar-refractivity contribution in [3.8, 4) is 0 Å². The SMILES string of the molecule is CCC1NC(C)N(CC2C(C)(C)C2(C)C)C1=O. The fourth-order valence-electron chi connectivity index (χ4n) is 3.37. The van der Waals surface area contributed by atoms with E-state index >= 15 is 0 Å². The summed E-state index contributed by atoms with van der Waals surface area (Å²) in [7, 11) is 0. The Bertz CT molecular complexity index is 321. The molecule has 1 aliphatic heterocycles. The van der Waals surface area contributed by atoms with Crippen LogP contribution in [-0.2, 0) is 4.79 Å². The highest BCUT2D eigenvalue weighted by Crippen LogP contribution is 2.68. The molecule has 3 nitrogen and oxygen atoms in total. The van der Waals surface area contributed by atoms with Crippen LogP contribution in [0.15, 0.2) is 0 Å². The van der Waals surface area contributed by atoms with E-state index in [1.165, 1.54) is 0 Å². The Morgan fingerprint density at radius 1 is 1.24 bits per heavy atom. The van der Waals surface area contributed by atoms with Gasteiger partial charge >= 0.3 is 0 Å². The molecule has 17 heavy (non-hydrogen) atoms. The summed E-state index contributed by atoms with van der Waals surface area (Å²) in [6, 6.07) is 0.0370. The van der Waals surface area contributed by atoms with Gasteiger partial charge in [0.05, 0.1) is 12.2 Å². The number of rotatable bonds is 3. The Hall–Kier alpha value is -0.570. The highest BCUT2D eigenvalue weighted by molar-refractivity contribution is 5.84. The minimum atomic E-state index is 0.0370. The van der Waals surface area contributed by atoms with Gasteiger partial charge in [-0.3, -0.25) is 10.1 Å². The molecule has 2 rings (SSSR count). The van der Waals surface area contributed by atoms with E-state index in [0.29, 0.717) is 22.7 Å². The molecule has 2 unspecified atom stereocenters. The van der Waals surface area contributed by atoms with Crippen molar-refractivity contribution in [1.29, 1.82) is 0 Å². The molecular weight excluding hydrogens is 212 g/mol. The van der Waals surface area contributed by atoms with Gasteiger partial charge in [-0.25, -0.2) is 0 Å². The van der Waals surface area contributed by atoms with Crippen LogP contribution in [0.4, 0.5) is 0 Å². The van der Waals surface area contributed by atoms with Gasteiger partial charge < -0.3 is 4.90 Å². The van der Waals surface area contributed by atoms with Crippen LogP contribution in [0, 0.1) is 16.7 Å². The van der Waals surface area contributed by atoms with Gasteiger partial charge in [0.2, 0.25) is 5.91 Å². The Morgan fingerprint density at radius 3 is 2.12 bits per heavy atom. The zero-order valence-electron chi connectivity index (χ0n) is 12.0. The first-order valence-electron chi connectivity index (χ1n) is 6.80. The largest absolute Gasteiger partial charge is 0.326 e. The summed E-state index contributed by atoms with van der Waals surface area (Å²) in [5, 5.41) is 3.37. The lowest BCUT2D eigenvalue weighted by Gasteiger charge is -2.22. The zero-order chi connectivity index (χ0) is 13.0. The van der Waals surface area contributed by atoms with Gasteiger partial charge in [-0.15, -0.1) is 0 Å². The van der Waals surface area contributed by atoms with E-state index in [1.807, 2.05) is 4.90 Å². The van der Waals surface area contributed by atoms with Crippen molar-refractivity contribution >= 4 is 5.91 Å². The molecule has 1 saturated carbocycles. The van der Waals surface area contributed by atoms with Crippen LogP contribution in [0.3, 0.4) is 0 Å². The number of hydrogen-bond acceptors (Lipinski definition) is 2. The van der Waals surface area contributed by atoms with E-state index in [9.17, 15) is 4.79 Å². The summed E-state index contributed by atoms with van der Waals surface area (Å²) in [5.41, 5.74) is 0.717. The number of carbonyl (C=O) groups excluding carboxylic acids is 1. The lowest BCUT2D eigenvalue weighted by molar-refractivity contribution is -0.130. The van der Waals surface area contributed by atoms with Crippen LogP contribution in [0.5, 0.6) is 0 Å². The molecule has 0 spiro atoms. The molecule has 98 valence electrons.